The Morgan fingerprint density at radius 1 is 0.857 bits per heavy atom. The first-order chi connectivity index (χ1) is 6.43. The van der Waals surface area contributed by atoms with Crippen molar-refractivity contribution in [1.29, 1.82) is 0 Å². The number of aliphatic carboxylic acids is 2. The average Bonchev–Trinajstić information content (AvgIpc) is 2.08. The van der Waals surface area contributed by atoms with Gasteiger partial charge in [0.15, 0.2) is 0 Å². The lowest BCUT2D eigenvalue weighted by Gasteiger charge is -2.32. The van der Waals surface area contributed by atoms with Crippen LogP contribution in [0.1, 0.15) is 12.8 Å². The molecule has 4 atom stereocenters. The topological polar surface area (TPSA) is 115 Å². The summed E-state index contributed by atoms with van der Waals surface area (Å²) >= 11 is 0. The first-order valence-corrected chi connectivity index (χ1v) is 4.25. The molecule has 6 heteroatoms. The molecule has 0 bridgehead atoms. The van der Waals surface area contributed by atoms with Crippen molar-refractivity contribution in [3.8, 4) is 0 Å². The van der Waals surface area contributed by atoms with Crippen molar-refractivity contribution < 1.29 is 30.0 Å². The third-order valence-electron chi connectivity index (χ3n) is 2.56. The van der Waals surface area contributed by atoms with E-state index in [1.807, 2.05) is 0 Å². The number of carboxylic acids is 2. The second-order valence-corrected chi connectivity index (χ2v) is 3.50. The van der Waals surface area contributed by atoms with Crippen LogP contribution in [-0.2, 0) is 9.59 Å². The van der Waals surface area contributed by atoms with E-state index in [1.165, 1.54) is 0 Å². The van der Waals surface area contributed by atoms with Gasteiger partial charge in [-0.3, -0.25) is 9.59 Å². The summed E-state index contributed by atoms with van der Waals surface area (Å²) in [6.07, 6.45) is -2.72. The van der Waals surface area contributed by atoms with Crippen LogP contribution in [0.15, 0.2) is 0 Å². The molecule has 6 nitrogen and oxygen atoms in total. The molecule has 0 aliphatic heterocycles. The Hall–Kier alpha value is -1.14. The Morgan fingerprint density at radius 3 is 1.36 bits per heavy atom. The maximum absolute atomic E-state index is 10.7. The van der Waals surface area contributed by atoms with Crippen LogP contribution in [0.5, 0.6) is 0 Å². The quantitative estimate of drug-likeness (QED) is 0.454. The zero-order chi connectivity index (χ0) is 10.9. The highest BCUT2D eigenvalue weighted by Gasteiger charge is 2.42. The predicted molar refractivity (Wildman–Crippen MR) is 43.5 cm³/mol. The molecule has 14 heavy (non-hydrogen) atoms. The standard InChI is InChI=1S/C8H12O6/c9-5-1-3(7(11)12)4(8(13)14)2-6(5)10/h3-6,9-10H,1-2H2,(H,11,12)(H,13,14)/t3-,4-,5-,6+/m0/s1. The van der Waals surface area contributed by atoms with Gasteiger partial charge < -0.3 is 20.4 Å². The number of carboxylic acid groups (broad SMARTS) is 2. The minimum atomic E-state index is -1.25. The van der Waals surface area contributed by atoms with Crippen LogP contribution in [-0.4, -0.2) is 44.6 Å². The van der Waals surface area contributed by atoms with Gasteiger partial charge in [0.25, 0.3) is 0 Å². The largest absolute Gasteiger partial charge is 0.481 e. The summed E-state index contributed by atoms with van der Waals surface area (Å²) in [5.41, 5.74) is 0. The van der Waals surface area contributed by atoms with E-state index in [9.17, 15) is 19.8 Å². The smallest absolute Gasteiger partial charge is 0.307 e. The van der Waals surface area contributed by atoms with Gasteiger partial charge in [0.1, 0.15) is 0 Å². The molecule has 1 saturated carbocycles. The zero-order valence-corrected chi connectivity index (χ0v) is 7.33. The molecular formula is C8H12O6. The van der Waals surface area contributed by atoms with Crippen LogP contribution in [0.3, 0.4) is 0 Å². The van der Waals surface area contributed by atoms with Crippen molar-refractivity contribution in [2.75, 3.05) is 0 Å². The summed E-state index contributed by atoms with van der Waals surface area (Å²) in [7, 11) is 0. The molecule has 1 aliphatic carbocycles. The average molecular weight is 204 g/mol. The first-order valence-electron chi connectivity index (χ1n) is 4.25. The molecule has 1 rings (SSSR count). The second-order valence-electron chi connectivity index (χ2n) is 3.50. The van der Waals surface area contributed by atoms with Gasteiger partial charge >= 0.3 is 11.9 Å². The molecule has 80 valence electrons. The van der Waals surface area contributed by atoms with Crippen LogP contribution in [0.25, 0.3) is 0 Å². The lowest BCUT2D eigenvalue weighted by Crippen LogP contribution is -2.44. The molecule has 1 aliphatic rings. The maximum Gasteiger partial charge on any atom is 0.307 e. The van der Waals surface area contributed by atoms with Gasteiger partial charge in [-0.05, 0) is 12.8 Å². The molecule has 0 radical (unpaired) electrons. The lowest BCUT2D eigenvalue weighted by atomic mass is 9.76. The Labute approximate surface area is 79.8 Å². The second kappa shape index (κ2) is 3.93. The van der Waals surface area contributed by atoms with Crippen molar-refractivity contribution >= 4 is 11.9 Å². The van der Waals surface area contributed by atoms with Gasteiger partial charge in [-0.25, -0.2) is 0 Å². The molecule has 0 aromatic rings. The maximum atomic E-state index is 10.7. The van der Waals surface area contributed by atoms with E-state index in [4.69, 9.17) is 10.2 Å². The van der Waals surface area contributed by atoms with Gasteiger partial charge in [0.05, 0.1) is 24.0 Å². The van der Waals surface area contributed by atoms with Crippen LogP contribution in [0.4, 0.5) is 0 Å². The molecule has 1 fully saturated rings. The fourth-order valence-electron chi connectivity index (χ4n) is 1.71. The first kappa shape index (κ1) is 10.9. The summed E-state index contributed by atoms with van der Waals surface area (Å²) in [6, 6.07) is 0. The van der Waals surface area contributed by atoms with E-state index in [0.717, 1.165) is 0 Å². The normalized spacial score (nSPS) is 37.9. The zero-order valence-electron chi connectivity index (χ0n) is 7.33. The van der Waals surface area contributed by atoms with Crippen molar-refractivity contribution in [1.82, 2.24) is 0 Å². The summed E-state index contributed by atoms with van der Waals surface area (Å²) in [5.74, 6) is -4.73. The Balaban J connectivity index is 2.80. The number of hydrogen-bond acceptors (Lipinski definition) is 4. The molecule has 0 aromatic carbocycles. The highest BCUT2D eigenvalue weighted by atomic mass is 16.4. The summed E-state index contributed by atoms with van der Waals surface area (Å²) in [6.45, 7) is 0. The van der Waals surface area contributed by atoms with Crippen LogP contribution in [0, 0.1) is 11.8 Å². The number of aliphatic hydroxyl groups is 2. The van der Waals surface area contributed by atoms with E-state index in [1.54, 1.807) is 0 Å². The molecule has 4 N–H and O–H groups in total. The Kier molecular flexibility index (Phi) is 3.07. The summed E-state index contributed by atoms with van der Waals surface area (Å²) < 4.78 is 0. The lowest BCUT2D eigenvalue weighted by molar-refractivity contribution is -0.162. The third kappa shape index (κ3) is 2.02. The van der Waals surface area contributed by atoms with Crippen LogP contribution < -0.4 is 0 Å². The van der Waals surface area contributed by atoms with E-state index in [-0.39, 0.29) is 12.8 Å². The molecule has 0 aromatic heterocycles. The van der Waals surface area contributed by atoms with E-state index in [2.05, 4.69) is 0 Å². The highest BCUT2D eigenvalue weighted by Crippen LogP contribution is 2.31. The van der Waals surface area contributed by atoms with E-state index < -0.39 is 36.0 Å². The molecule has 0 spiro atoms. The van der Waals surface area contributed by atoms with Crippen molar-refractivity contribution in [2.45, 2.75) is 25.0 Å². The van der Waals surface area contributed by atoms with E-state index >= 15 is 0 Å². The van der Waals surface area contributed by atoms with Crippen LogP contribution >= 0.6 is 0 Å². The van der Waals surface area contributed by atoms with E-state index in [0.29, 0.717) is 0 Å². The van der Waals surface area contributed by atoms with Crippen LogP contribution in [0.2, 0.25) is 0 Å². The van der Waals surface area contributed by atoms with Gasteiger partial charge in [-0.2, -0.15) is 0 Å². The Morgan fingerprint density at radius 2 is 1.14 bits per heavy atom. The molecule has 0 unspecified atom stereocenters. The molecule has 0 saturated heterocycles. The summed E-state index contributed by atoms with van der Waals surface area (Å²) in [4.78, 5) is 21.3. The molecule has 0 heterocycles. The minimum absolute atomic E-state index is 0.215. The number of rotatable bonds is 2. The third-order valence-corrected chi connectivity index (χ3v) is 2.56. The van der Waals surface area contributed by atoms with Crippen molar-refractivity contribution in [3.05, 3.63) is 0 Å². The van der Waals surface area contributed by atoms with Gasteiger partial charge in [0, 0.05) is 0 Å². The highest BCUT2D eigenvalue weighted by molar-refractivity contribution is 5.80. The summed E-state index contributed by atoms with van der Waals surface area (Å²) in [5, 5.41) is 35.8. The molecular weight excluding hydrogens is 192 g/mol. The van der Waals surface area contributed by atoms with Gasteiger partial charge in [0.2, 0.25) is 0 Å². The predicted octanol–water partition coefficient (Wildman–Crippen LogP) is -1.10. The number of carbonyl (C=O) groups is 2. The fourth-order valence-corrected chi connectivity index (χ4v) is 1.71. The van der Waals surface area contributed by atoms with Gasteiger partial charge in [-0.1, -0.05) is 0 Å². The molecule has 0 amide bonds. The SMILES string of the molecule is O=C(O)[C@H]1C[C@@H](O)[C@@H](O)C[C@@H]1C(=O)O. The monoisotopic (exact) mass is 204 g/mol. The Bertz CT molecular complexity index is 224. The fraction of sp³-hybridized carbons (Fsp3) is 0.750. The van der Waals surface area contributed by atoms with Crippen molar-refractivity contribution in [3.63, 3.8) is 0 Å². The number of aliphatic hydroxyl groups excluding tert-OH is 2. The van der Waals surface area contributed by atoms with Gasteiger partial charge in [-0.15, -0.1) is 0 Å². The minimum Gasteiger partial charge on any atom is -0.481 e. The number of hydrogen-bond donors (Lipinski definition) is 4. The van der Waals surface area contributed by atoms with Crippen molar-refractivity contribution in [2.24, 2.45) is 11.8 Å².